The SMILES string of the molecule is NCc1cc(C(=O)CCc2ccc(COc3nc(N)nc4nc[nH]c34)cc2)ccn1. The molecule has 9 nitrogen and oxygen atoms in total. The van der Waals surface area contributed by atoms with Gasteiger partial charge in [-0.2, -0.15) is 9.97 Å². The Morgan fingerprint density at radius 2 is 1.87 bits per heavy atom. The second-order valence-corrected chi connectivity index (χ2v) is 6.76. The molecule has 0 aliphatic carbocycles. The fraction of sp³-hybridized carbons (Fsp3) is 0.190. The molecule has 4 rings (SSSR count). The summed E-state index contributed by atoms with van der Waals surface area (Å²) in [6.45, 7) is 0.640. The average molecular weight is 403 g/mol. The zero-order valence-corrected chi connectivity index (χ0v) is 16.2. The van der Waals surface area contributed by atoms with E-state index in [0.717, 1.165) is 11.1 Å². The number of hydrogen-bond donors (Lipinski definition) is 3. The van der Waals surface area contributed by atoms with Gasteiger partial charge >= 0.3 is 0 Å². The summed E-state index contributed by atoms with van der Waals surface area (Å²) in [7, 11) is 0. The summed E-state index contributed by atoms with van der Waals surface area (Å²) in [5.41, 5.74) is 15.7. The fourth-order valence-corrected chi connectivity index (χ4v) is 3.05. The molecule has 0 radical (unpaired) electrons. The van der Waals surface area contributed by atoms with Crippen molar-refractivity contribution < 1.29 is 9.53 Å². The summed E-state index contributed by atoms with van der Waals surface area (Å²) in [6, 6.07) is 11.4. The van der Waals surface area contributed by atoms with E-state index in [9.17, 15) is 4.79 Å². The molecule has 0 amide bonds. The lowest BCUT2D eigenvalue weighted by molar-refractivity contribution is 0.0982. The molecule has 152 valence electrons. The molecule has 0 unspecified atom stereocenters. The molecule has 3 aromatic heterocycles. The lowest BCUT2D eigenvalue weighted by Crippen LogP contribution is -2.05. The number of H-pyrrole nitrogens is 1. The number of hydrogen-bond acceptors (Lipinski definition) is 8. The first-order valence-corrected chi connectivity index (χ1v) is 9.48. The van der Waals surface area contributed by atoms with Gasteiger partial charge in [0.25, 0.3) is 0 Å². The third-order valence-electron chi connectivity index (χ3n) is 4.66. The van der Waals surface area contributed by atoms with Gasteiger partial charge < -0.3 is 21.2 Å². The Morgan fingerprint density at radius 1 is 1.07 bits per heavy atom. The van der Waals surface area contributed by atoms with Crippen molar-refractivity contribution in [2.75, 3.05) is 5.73 Å². The number of nitrogens with zero attached hydrogens (tertiary/aromatic N) is 4. The summed E-state index contributed by atoms with van der Waals surface area (Å²) in [5.74, 6) is 0.542. The minimum absolute atomic E-state index is 0.0736. The Balaban J connectivity index is 1.34. The summed E-state index contributed by atoms with van der Waals surface area (Å²) < 4.78 is 5.79. The predicted octanol–water partition coefficient (Wildman–Crippen LogP) is 2.18. The number of nitrogens with one attached hydrogen (secondary N) is 1. The number of aromatic amines is 1. The Kier molecular flexibility index (Phi) is 5.62. The molecule has 0 bridgehead atoms. The van der Waals surface area contributed by atoms with Gasteiger partial charge in [-0.1, -0.05) is 24.3 Å². The first-order valence-electron chi connectivity index (χ1n) is 9.48. The van der Waals surface area contributed by atoms with E-state index < -0.39 is 0 Å². The van der Waals surface area contributed by atoms with Gasteiger partial charge in [-0.05, 0) is 29.7 Å². The third-order valence-corrected chi connectivity index (χ3v) is 4.66. The summed E-state index contributed by atoms with van der Waals surface area (Å²) in [6.07, 6.45) is 4.20. The highest BCUT2D eigenvalue weighted by Crippen LogP contribution is 2.21. The molecule has 1 aromatic carbocycles. The van der Waals surface area contributed by atoms with E-state index in [-0.39, 0.29) is 11.7 Å². The van der Waals surface area contributed by atoms with Gasteiger partial charge in [0.1, 0.15) is 12.1 Å². The number of nitrogens with two attached hydrogens (primary N) is 2. The second-order valence-electron chi connectivity index (χ2n) is 6.76. The maximum absolute atomic E-state index is 12.4. The van der Waals surface area contributed by atoms with Crippen molar-refractivity contribution in [3.63, 3.8) is 0 Å². The van der Waals surface area contributed by atoms with Crippen LogP contribution in [0.3, 0.4) is 0 Å². The van der Waals surface area contributed by atoms with Crippen LogP contribution in [0.4, 0.5) is 5.95 Å². The predicted molar refractivity (Wildman–Crippen MR) is 112 cm³/mol. The van der Waals surface area contributed by atoms with Crippen molar-refractivity contribution in [2.24, 2.45) is 5.73 Å². The number of pyridine rings is 1. The van der Waals surface area contributed by atoms with Crippen LogP contribution in [0.2, 0.25) is 0 Å². The van der Waals surface area contributed by atoms with E-state index in [2.05, 4.69) is 24.9 Å². The van der Waals surface area contributed by atoms with Gasteiger partial charge in [-0.15, -0.1) is 0 Å². The van der Waals surface area contributed by atoms with Crippen molar-refractivity contribution in [3.05, 3.63) is 71.3 Å². The number of benzene rings is 1. The number of rotatable bonds is 8. The smallest absolute Gasteiger partial charge is 0.245 e. The van der Waals surface area contributed by atoms with Crippen LogP contribution in [-0.2, 0) is 19.6 Å². The van der Waals surface area contributed by atoms with Gasteiger partial charge in [0, 0.05) is 24.7 Å². The monoisotopic (exact) mass is 403 g/mol. The van der Waals surface area contributed by atoms with E-state index in [4.69, 9.17) is 16.2 Å². The zero-order valence-electron chi connectivity index (χ0n) is 16.2. The van der Waals surface area contributed by atoms with Gasteiger partial charge in [0.05, 0.1) is 12.0 Å². The highest BCUT2D eigenvalue weighted by Gasteiger charge is 2.10. The number of ketones is 1. The van der Waals surface area contributed by atoms with E-state index in [0.29, 0.717) is 54.3 Å². The Labute approximate surface area is 172 Å². The lowest BCUT2D eigenvalue weighted by Gasteiger charge is -2.08. The van der Waals surface area contributed by atoms with Crippen LogP contribution in [-0.4, -0.2) is 30.7 Å². The number of aromatic nitrogens is 5. The number of carbonyl (C=O) groups excluding carboxylic acids is 1. The molecule has 0 aliphatic rings. The molecule has 4 aromatic rings. The maximum Gasteiger partial charge on any atom is 0.245 e. The number of ether oxygens (including phenoxy) is 1. The molecule has 3 heterocycles. The topological polar surface area (TPSA) is 146 Å². The Bertz CT molecular complexity index is 1170. The van der Waals surface area contributed by atoms with E-state index >= 15 is 0 Å². The fourth-order valence-electron chi connectivity index (χ4n) is 3.05. The number of carbonyl (C=O) groups is 1. The minimum atomic E-state index is 0.0736. The van der Waals surface area contributed by atoms with Crippen LogP contribution in [0.15, 0.2) is 48.9 Å². The number of Topliss-reactive ketones (excluding diaryl/α,β-unsaturated/α-hetero) is 1. The van der Waals surface area contributed by atoms with Crippen LogP contribution in [0, 0.1) is 0 Å². The maximum atomic E-state index is 12.4. The van der Waals surface area contributed by atoms with Crippen LogP contribution in [0.1, 0.15) is 33.6 Å². The first kappa shape index (κ1) is 19.5. The number of anilines is 1. The normalized spacial score (nSPS) is 11.0. The average Bonchev–Trinajstić information content (AvgIpc) is 3.25. The van der Waals surface area contributed by atoms with Crippen LogP contribution < -0.4 is 16.2 Å². The van der Waals surface area contributed by atoms with Crippen molar-refractivity contribution >= 4 is 22.9 Å². The van der Waals surface area contributed by atoms with E-state index in [1.807, 2.05) is 24.3 Å². The number of fused-ring (bicyclic) bond motifs is 1. The molecular weight excluding hydrogens is 382 g/mol. The molecular formula is C21H21N7O2. The minimum Gasteiger partial charge on any atom is -0.471 e. The third kappa shape index (κ3) is 4.41. The standard InChI is InChI=1S/C21H21N7O2/c22-10-16-9-15(7-8-24-16)17(29)6-5-13-1-3-14(4-2-13)11-30-20-18-19(26-12-25-18)27-21(23)28-20/h1-4,7-9,12H,5-6,10-11,22H2,(H3,23,25,26,27,28). The van der Waals surface area contributed by atoms with Gasteiger partial charge in [0.2, 0.25) is 11.8 Å². The number of nitrogen functional groups attached to an aromatic ring is 1. The lowest BCUT2D eigenvalue weighted by atomic mass is 10.0. The zero-order chi connectivity index (χ0) is 20.9. The molecule has 0 aliphatic heterocycles. The van der Waals surface area contributed by atoms with Gasteiger partial charge in [-0.25, -0.2) is 4.98 Å². The molecule has 30 heavy (non-hydrogen) atoms. The largest absolute Gasteiger partial charge is 0.471 e. The summed E-state index contributed by atoms with van der Waals surface area (Å²) >= 11 is 0. The van der Waals surface area contributed by atoms with Crippen molar-refractivity contribution in [1.82, 2.24) is 24.9 Å². The second kappa shape index (κ2) is 8.66. The van der Waals surface area contributed by atoms with Crippen LogP contribution in [0.5, 0.6) is 5.88 Å². The van der Waals surface area contributed by atoms with Gasteiger partial charge in [-0.3, -0.25) is 9.78 Å². The molecule has 0 saturated heterocycles. The summed E-state index contributed by atoms with van der Waals surface area (Å²) in [5, 5.41) is 0. The van der Waals surface area contributed by atoms with Crippen molar-refractivity contribution in [2.45, 2.75) is 26.0 Å². The molecule has 0 saturated carbocycles. The van der Waals surface area contributed by atoms with E-state index in [1.165, 1.54) is 6.33 Å². The number of aryl methyl sites for hydroxylation is 1. The van der Waals surface area contributed by atoms with E-state index in [1.54, 1.807) is 18.3 Å². The van der Waals surface area contributed by atoms with Crippen LogP contribution >= 0.6 is 0 Å². The molecule has 0 spiro atoms. The first-order chi connectivity index (χ1) is 14.6. The van der Waals surface area contributed by atoms with Crippen molar-refractivity contribution in [3.8, 4) is 5.88 Å². The highest BCUT2D eigenvalue weighted by atomic mass is 16.5. The quantitative estimate of drug-likeness (QED) is 0.379. The Morgan fingerprint density at radius 3 is 2.67 bits per heavy atom. The van der Waals surface area contributed by atoms with Crippen LogP contribution in [0.25, 0.3) is 11.2 Å². The summed E-state index contributed by atoms with van der Waals surface area (Å²) in [4.78, 5) is 31.7. The highest BCUT2D eigenvalue weighted by molar-refractivity contribution is 5.96. The molecule has 0 atom stereocenters. The van der Waals surface area contributed by atoms with Crippen molar-refractivity contribution in [1.29, 1.82) is 0 Å². The number of imidazole rings is 1. The van der Waals surface area contributed by atoms with Gasteiger partial charge in [0.15, 0.2) is 11.4 Å². The molecule has 5 N–H and O–H groups in total. The molecule has 9 heteroatoms. The Hall–Kier alpha value is -3.85. The molecule has 0 fully saturated rings.